The highest BCUT2D eigenvalue weighted by Gasteiger charge is 2.06. The van der Waals surface area contributed by atoms with E-state index in [4.69, 9.17) is 16.1 Å². The Morgan fingerprint density at radius 2 is 2.15 bits per heavy atom. The van der Waals surface area contributed by atoms with E-state index < -0.39 is 0 Å². The van der Waals surface area contributed by atoms with Crippen LogP contribution in [0.1, 0.15) is 17.0 Å². The maximum absolute atomic E-state index is 11.8. The van der Waals surface area contributed by atoms with E-state index in [1.54, 1.807) is 12.1 Å². The Kier molecular flexibility index (Phi) is 4.76. The van der Waals surface area contributed by atoms with Crippen LogP contribution in [0.5, 0.6) is 0 Å². The van der Waals surface area contributed by atoms with E-state index >= 15 is 0 Å². The Morgan fingerprint density at radius 3 is 2.85 bits per heavy atom. The van der Waals surface area contributed by atoms with Crippen LogP contribution >= 0.6 is 11.6 Å². The van der Waals surface area contributed by atoms with Crippen LogP contribution in [0.4, 0.5) is 5.69 Å². The fourth-order valence-electron chi connectivity index (χ4n) is 1.72. The van der Waals surface area contributed by atoms with Gasteiger partial charge in [-0.05, 0) is 31.5 Å². The van der Waals surface area contributed by atoms with Gasteiger partial charge in [0.15, 0.2) is 5.76 Å². The van der Waals surface area contributed by atoms with Crippen molar-refractivity contribution < 1.29 is 9.32 Å². The van der Waals surface area contributed by atoms with Gasteiger partial charge < -0.3 is 15.2 Å². The van der Waals surface area contributed by atoms with Crippen LogP contribution in [0.2, 0.25) is 5.02 Å². The number of anilines is 1. The molecule has 0 fully saturated rings. The summed E-state index contributed by atoms with van der Waals surface area (Å²) in [6.45, 7) is 4.41. The Bertz CT molecular complexity index is 610. The second kappa shape index (κ2) is 6.54. The number of halogens is 1. The number of nitrogens with one attached hydrogen (secondary N) is 2. The summed E-state index contributed by atoms with van der Waals surface area (Å²) in [6, 6.07) is 7.21. The van der Waals surface area contributed by atoms with Crippen LogP contribution in [-0.4, -0.2) is 17.6 Å². The largest absolute Gasteiger partial charge is 0.360 e. The van der Waals surface area contributed by atoms with E-state index in [1.165, 1.54) is 0 Å². The minimum absolute atomic E-state index is 0.133. The lowest BCUT2D eigenvalue weighted by Gasteiger charge is -2.09. The molecule has 0 unspecified atom stereocenters. The molecule has 0 atom stereocenters. The molecule has 6 heteroatoms. The van der Waals surface area contributed by atoms with Crippen molar-refractivity contribution in [3.8, 4) is 0 Å². The van der Waals surface area contributed by atoms with Crippen molar-refractivity contribution in [1.82, 2.24) is 10.5 Å². The van der Waals surface area contributed by atoms with E-state index in [1.807, 2.05) is 26.0 Å². The average molecular weight is 294 g/mol. The third-order valence-corrected chi connectivity index (χ3v) is 2.97. The quantitative estimate of drug-likeness (QED) is 0.889. The van der Waals surface area contributed by atoms with Gasteiger partial charge in [0.2, 0.25) is 5.91 Å². The zero-order chi connectivity index (χ0) is 14.5. The van der Waals surface area contributed by atoms with E-state index in [-0.39, 0.29) is 12.5 Å². The van der Waals surface area contributed by atoms with Crippen LogP contribution in [0.25, 0.3) is 0 Å². The minimum Gasteiger partial charge on any atom is -0.360 e. The van der Waals surface area contributed by atoms with Crippen molar-refractivity contribution >= 4 is 23.2 Å². The van der Waals surface area contributed by atoms with E-state index in [0.717, 1.165) is 16.9 Å². The summed E-state index contributed by atoms with van der Waals surface area (Å²) in [7, 11) is 0. The maximum Gasteiger partial charge on any atom is 0.238 e. The molecule has 2 aromatic rings. The van der Waals surface area contributed by atoms with E-state index in [0.29, 0.717) is 17.3 Å². The number of rotatable bonds is 5. The summed E-state index contributed by atoms with van der Waals surface area (Å²) in [4.78, 5) is 11.8. The second-order valence-electron chi connectivity index (χ2n) is 4.55. The second-order valence-corrected chi connectivity index (χ2v) is 4.98. The van der Waals surface area contributed by atoms with Crippen LogP contribution in [0.3, 0.4) is 0 Å². The monoisotopic (exact) mass is 293 g/mol. The van der Waals surface area contributed by atoms with Crippen molar-refractivity contribution in [2.45, 2.75) is 20.4 Å². The fraction of sp³-hybridized carbons (Fsp3) is 0.286. The van der Waals surface area contributed by atoms with Gasteiger partial charge in [0, 0.05) is 16.8 Å². The Balaban J connectivity index is 1.82. The number of nitrogens with zero attached hydrogens (tertiary/aromatic N) is 1. The topological polar surface area (TPSA) is 67.2 Å². The summed E-state index contributed by atoms with van der Waals surface area (Å²) in [5, 5.41) is 10.2. The van der Waals surface area contributed by atoms with Crippen LogP contribution in [-0.2, 0) is 11.3 Å². The van der Waals surface area contributed by atoms with Crippen molar-refractivity contribution in [3.63, 3.8) is 0 Å². The van der Waals surface area contributed by atoms with Gasteiger partial charge in [-0.25, -0.2) is 0 Å². The van der Waals surface area contributed by atoms with Gasteiger partial charge in [-0.1, -0.05) is 22.8 Å². The molecule has 0 aliphatic rings. The molecular weight excluding hydrogens is 278 g/mol. The van der Waals surface area contributed by atoms with Gasteiger partial charge in [0.25, 0.3) is 0 Å². The van der Waals surface area contributed by atoms with E-state index in [9.17, 15) is 4.79 Å². The van der Waals surface area contributed by atoms with Gasteiger partial charge in [0.1, 0.15) is 0 Å². The lowest BCUT2D eigenvalue weighted by Crippen LogP contribution is -2.27. The van der Waals surface area contributed by atoms with Crippen LogP contribution in [0, 0.1) is 13.8 Å². The third kappa shape index (κ3) is 4.08. The first-order valence-corrected chi connectivity index (χ1v) is 6.61. The standard InChI is InChI=1S/C14H16ClN3O2/c1-9-3-4-11(15)6-13(9)17-14(19)8-16-7-12-5-10(2)18-20-12/h3-6,16H,7-8H2,1-2H3,(H,17,19). The lowest BCUT2D eigenvalue weighted by atomic mass is 10.2. The summed E-state index contributed by atoms with van der Waals surface area (Å²) < 4.78 is 5.04. The highest BCUT2D eigenvalue weighted by Crippen LogP contribution is 2.19. The molecule has 2 N–H and O–H groups in total. The molecule has 1 amide bonds. The Hall–Kier alpha value is -1.85. The van der Waals surface area contributed by atoms with Gasteiger partial charge in [0.05, 0.1) is 18.8 Å². The first kappa shape index (κ1) is 14.6. The molecule has 0 saturated carbocycles. The predicted octanol–water partition coefficient (Wildman–Crippen LogP) is 2.67. The van der Waals surface area contributed by atoms with Gasteiger partial charge in [-0.3, -0.25) is 4.79 Å². The lowest BCUT2D eigenvalue weighted by molar-refractivity contribution is -0.115. The van der Waals surface area contributed by atoms with Crippen LogP contribution < -0.4 is 10.6 Å². The number of hydrogen-bond acceptors (Lipinski definition) is 4. The summed E-state index contributed by atoms with van der Waals surface area (Å²) >= 11 is 5.90. The number of amides is 1. The highest BCUT2D eigenvalue weighted by atomic mass is 35.5. The molecule has 1 heterocycles. The Labute approximate surface area is 122 Å². The van der Waals surface area contributed by atoms with Gasteiger partial charge in [-0.2, -0.15) is 0 Å². The molecule has 1 aromatic heterocycles. The number of hydrogen-bond donors (Lipinski definition) is 2. The number of carbonyl (C=O) groups is 1. The Morgan fingerprint density at radius 1 is 1.35 bits per heavy atom. The normalized spacial score (nSPS) is 10.6. The predicted molar refractivity (Wildman–Crippen MR) is 77.8 cm³/mol. The van der Waals surface area contributed by atoms with Crippen molar-refractivity contribution in [1.29, 1.82) is 0 Å². The summed E-state index contributed by atoms with van der Waals surface area (Å²) in [5.74, 6) is 0.570. The van der Waals surface area contributed by atoms with Gasteiger partial charge >= 0.3 is 0 Å². The molecule has 0 saturated heterocycles. The fourth-order valence-corrected chi connectivity index (χ4v) is 1.89. The molecule has 0 aliphatic heterocycles. The smallest absolute Gasteiger partial charge is 0.238 e. The maximum atomic E-state index is 11.8. The molecule has 106 valence electrons. The molecule has 0 spiro atoms. The number of carbonyl (C=O) groups excluding carboxylic acids is 1. The first-order valence-electron chi connectivity index (χ1n) is 6.23. The molecular formula is C14H16ClN3O2. The first-order chi connectivity index (χ1) is 9.54. The molecule has 2 rings (SSSR count). The molecule has 0 aliphatic carbocycles. The van der Waals surface area contributed by atoms with E-state index in [2.05, 4.69) is 15.8 Å². The molecule has 20 heavy (non-hydrogen) atoms. The molecule has 5 nitrogen and oxygen atoms in total. The van der Waals surface area contributed by atoms with Crippen molar-refractivity contribution in [2.75, 3.05) is 11.9 Å². The molecule has 0 bridgehead atoms. The number of aryl methyl sites for hydroxylation is 2. The minimum atomic E-state index is -0.133. The summed E-state index contributed by atoms with van der Waals surface area (Å²) in [5.41, 5.74) is 2.51. The zero-order valence-electron chi connectivity index (χ0n) is 11.4. The average Bonchev–Trinajstić information content (AvgIpc) is 2.80. The highest BCUT2D eigenvalue weighted by molar-refractivity contribution is 6.31. The van der Waals surface area contributed by atoms with Crippen molar-refractivity contribution in [3.05, 3.63) is 46.3 Å². The third-order valence-electron chi connectivity index (χ3n) is 2.74. The summed E-state index contributed by atoms with van der Waals surface area (Å²) in [6.07, 6.45) is 0. The van der Waals surface area contributed by atoms with Crippen LogP contribution in [0.15, 0.2) is 28.8 Å². The number of aromatic nitrogens is 1. The SMILES string of the molecule is Cc1cc(CNCC(=O)Nc2cc(Cl)ccc2C)on1. The number of benzene rings is 1. The molecule has 0 radical (unpaired) electrons. The van der Waals surface area contributed by atoms with Gasteiger partial charge in [-0.15, -0.1) is 0 Å². The zero-order valence-corrected chi connectivity index (χ0v) is 12.1. The van der Waals surface area contributed by atoms with Crippen molar-refractivity contribution in [2.24, 2.45) is 0 Å². The molecule has 1 aromatic carbocycles.